The third-order valence-electron chi connectivity index (χ3n) is 3.42. The van der Waals surface area contributed by atoms with Crippen molar-refractivity contribution in [2.24, 2.45) is 0 Å². The summed E-state index contributed by atoms with van der Waals surface area (Å²) in [7, 11) is 0. The van der Waals surface area contributed by atoms with E-state index in [1.807, 2.05) is 49.4 Å². The molecule has 2 rings (SSSR count). The highest BCUT2D eigenvalue weighted by molar-refractivity contribution is 5.74. The minimum atomic E-state index is -0.342. The number of hydrogen-bond acceptors (Lipinski definition) is 4. The van der Waals surface area contributed by atoms with E-state index in [1.165, 1.54) is 0 Å². The molecule has 0 unspecified atom stereocenters. The summed E-state index contributed by atoms with van der Waals surface area (Å²) in [4.78, 5) is 23.1. The molecule has 4 heteroatoms. The minimum Gasteiger partial charge on any atom is -0.466 e. The smallest absolute Gasteiger partial charge is 0.311 e. The molecule has 0 saturated carbocycles. The first kappa shape index (κ1) is 17.7. The predicted octanol–water partition coefficient (Wildman–Crippen LogP) is 4.38. The van der Waals surface area contributed by atoms with Gasteiger partial charge in [0.15, 0.2) is 0 Å². The van der Waals surface area contributed by atoms with Gasteiger partial charge < -0.3 is 9.47 Å². The molecule has 0 bridgehead atoms. The van der Waals surface area contributed by atoms with Crippen LogP contribution in [0.5, 0.6) is 5.75 Å². The summed E-state index contributed by atoms with van der Waals surface area (Å²) in [5.74, 6) is -0.101. The maximum absolute atomic E-state index is 11.8. The van der Waals surface area contributed by atoms with E-state index in [1.54, 1.807) is 12.1 Å². The number of esters is 2. The van der Waals surface area contributed by atoms with Crippen LogP contribution in [-0.2, 0) is 14.3 Å². The summed E-state index contributed by atoms with van der Waals surface area (Å²) in [5.41, 5.74) is 2.18. The van der Waals surface area contributed by atoms with Gasteiger partial charge in [-0.2, -0.15) is 0 Å². The lowest BCUT2D eigenvalue weighted by atomic mass is 10.1. The van der Waals surface area contributed by atoms with Crippen LogP contribution >= 0.6 is 0 Å². The van der Waals surface area contributed by atoms with Crippen molar-refractivity contribution in [3.63, 3.8) is 0 Å². The zero-order chi connectivity index (χ0) is 17.2. The van der Waals surface area contributed by atoms with E-state index in [9.17, 15) is 9.59 Å². The van der Waals surface area contributed by atoms with Gasteiger partial charge in [0, 0.05) is 12.8 Å². The van der Waals surface area contributed by atoms with Crippen molar-refractivity contribution in [1.29, 1.82) is 0 Å². The average Bonchev–Trinajstić information content (AvgIpc) is 2.61. The molecular weight excluding hydrogens is 304 g/mol. The van der Waals surface area contributed by atoms with E-state index in [2.05, 4.69) is 0 Å². The quantitative estimate of drug-likeness (QED) is 0.533. The Kier molecular flexibility index (Phi) is 7.02. The molecule has 126 valence electrons. The van der Waals surface area contributed by atoms with Gasteiger partial charge in [0.25, 0.3) is 0 Å². The molecule has 4 nitrogen and oxygen atoms in total. The predicted molar refractivity (Wildman–Crippen MR) is 92.6 cm³/mol. The Morgan fingerprint density at radius 2 is 1.46 bits per heavy atom. The normalized spacial score (nSPS) is 10.2. The van der Waals surface area contributed by atoms with Crippen LogP contribution in [0.3, 0.4) is 0 Å². The third-order valence-corrected chi connectivity index (χ3v) is 3.42. The average molecular weight is 326 g/mol. The topological polar surface area (TPSA) is 52.6 Å². The Labute approximate surface area is 142 Å². The highest BCUT2D eigenvalue weighted by atomic mass is 16.5. The van der Waals surface area contributed by atoms with E-state index in [0.717, 1.165) is 17.5 Å². The number of rotatable bonds is 8. The van der Waals surface area contributed by atoms with Crippen molar-refractivity contribution in [3.05, 3.63) is 54.6 Å². The highest BCUT2D eigenvalue weighted by Gasteiger charge is 2.08. The molecule has 0 radical (unpaired) electrons. The van der Waals surface area contributed by atoms with Gasteiger partial charge in [0.2, 0.25) is 0 Å². The molecule has 2 aromatic carbocycles. The lowest BCUT2D eigenvalue weighted by Crippen LogP contribution is -2.10. The van der Waals surface area contributed by atoms with Crippen molar-refractivity contribution in [2.45, 2.75) is 32.6 Å². The third kappa shape index (κ3) is 5.88. The van der Waals surface area contributed by atoms with Crippen molar-refractivity contribution < 1.29 is 19.1 Å². The van der Waals surface area contributed by atoms with Crippen LogP contribution in [0.2, 0.25) is 0 Å². The number of hydrogen-bond donors (Lipinski definition) is 0. The van der Waals surface area contributed by atoms with Gasteiger partial charge in [-0.25, -0.2) is 0 Å². The molecule has 0 aliphatic heterocycles. The van der Waals surface area contributed by atoms with E-state index < -0.39 is 0 Å². The van der Waals surface area contributed by atoms with E-state index in [0.29, 0.717) is 18.8 Å². The standard InChI is InChI=1S/C20H22O4/c1-2-15-23-19(21)9-6-10-20(22)24-18-13-11-17(12-14-18)16-7-4-3-5-8-16/h3-5,7-8,11-14H,2,6,9-10,15H2,1H3. The van der Waals surface area contributed by atoms with Crippen molar-refractivity contribution >= 4 is 11.9 Å². The SMILES string of the molecule is CCCOC(=O)CCCC(=O)Oc1ccc(-c2ccccc2)cc1. The minimum absolute atomic E-state index is 0.196. The van der Waals surface area contributed by atoms with Gasteiger partial charge in [-0.1, -0.05) is 49.4 Å². The Bertz CT molecular complexity index is 647. The van der Waals surface area contributed by atoms with Gasteiger partial charge in [0.1, 0.15) is 5.75 Å². The maximum atomic E-state index is 11.8. The van der Waals surface area contributed by atoms with Crippen LogP contribution in [0, 0.1) is 0 Å². The molecule has 0 spiro atoms. The Balaban J connectivity index is 1.77. The molecule has 0 aliphatic rings. The van der Waals surface area contributed by atoms with Gasteiger partial charge in [0.05, 0.1) is 6.61 Å². The number of benzene rings is 2. The molecule has 0 atom stereocenters. The largest absolute Gasteiger partial charge is 0.466 e. The van der Waals surface area contributed by atoms with Crippen LogP contribution < -0.4 is 4.74 Å². The molecule has 24 heavy (non-hydrogen) atoms. The lowest BCUT2D eigenvalue weighted by Gasteiger charge is -2.06. The molecule has 0 fully saturated rings. The van der Waals surface area contributed by atoms with E-state index in [-0.39, 0.29) is 24.8 Å². The van der Waals surface area contributed by atoms with Gasteiger partial charge in [-0.05, 0) is 36.1 Å². The van der Waals surface area contributed by atoms with Crippen LogP contribution in [0.25, 0.3) is 11.1 Å². The Morgan fingerprint density at radius 3 is 2.12 bits per heavy atom. The summed E-state index contributed by atoms with van der Waals surface area (Å²) >= 11 is 0. The summed E-state index contributed by atoms with van der Waals surface area (Å²) in [6.07, 6.45) is 1.67. The van der Waals surface area contributed by atoms with Crippen molar-refractivity contribution in [2.75, 3.05) is 6.61 Å². The molecule has 0 aliphatic carbocycles. The van der Waals surface area contributed by atoms with E-state index >= 15 is 0 Å². The Morgan fingerprint density at radius 1 is 0.833 bits per heavy atom. The number of carbonyl (C=O) groups excluding carboxylic acids is 2. The molecule has 0 saturated heterocycles. The van der Waals surface area contributed by atoms with Gasteiger partial charge in [-0.3, -0.25) is 9.59 Å². The van der Waals surface area contributed by atoms with Crippen LogP contribution in [-0.4, -0.2) is 18.5 Å². The molecular formula is C20H22O4. The first-order chi connectivity index (χ1) is 11.7. The summed E-state index contributed by atoms with van der Waals surface area (Å²) in [6.45, 7) is 2.37. The van der Waals surface area contributed by atoms with Crippen LogP contribution in [0.1, 0.15) is 32.6 Å². The zero-order valence-corrected chi connectivity index (χ0v) is 13.9. The second-order valence-corrected chi connectivity index (χ2v) is 5.44. The Hall–Kier alpha value is -2.62. The van der Waals surface area contributed by atoms with Crippen LogP contribution in [0.4, 0.5) is 0 Å². The van der Waals surface area contributed by atoms with Crippen LogP contribution in [0.15, 0.2) is 54.6 Å². The molecule has 0 N–H and O–H groups in total. The fraction of sp³-hybridized carbons (Fsp3) is 0.300. The molecule has 0 heterocycles. The van der Waals surface area contributed by atoms with Gasteiger partial charge in [-0.15, -0.1) is 0 Å². The molecule has 0 aromatic heterocycles. The summed E-state index contributed by atoms with van der Waals surface area (Å²) in [6, 6.07) is 17.4. The summed E-state index contributed by atoms with van der Waals surface area (Å²) in [5, 5.41) is 0. The monoisotopic (exact) mass is 326 g/mol. The fourth-order valence-electron chi connectivity index (χ4n) is 2.19. The zero-order valence-electron chi connectivity index (χ0n) is 13.9. The lowest BCUT2D eigenvalue weighted by molar-refractivity contribution is -0.144. The maximum Gasteiger partial charge on any atom is 0.311 e. The van der Waals surface area contributed by atoms with E-state index in [4.69, 9.17) is 9.47 Å². The highest BCUT2D eigenvalue weighted by Crippen LogP contribution is 2.22. The first-order valence-electron chi connectivity index (χ1n) is 8.21. The number of ether oxygens (including phenoxy) is 2. The summed E-state index contributed by atoms with van der Waals surface area (Å²) < 4.78 is 10.2. The molecule has 0 amide bonds. The number of carbonyl (C=O) groups is 2. The fourth-order valence-corrected chi connectivity index (χ4v) is 2.19. The van der Waals surface area contributed by atoms with Crippen molar-refractivity contribution in [1.82, 2.24) is 0 Å². The second-order valence-electron chi connectivity index (χ2n) is 5.44. The first-order valence-corrected chi connectivity index (χ1v) is 8.21. The molecule has 2 aromatic rings. The van der Waals surface area contributed by atoms with Crippen molar-refractivity contribution in [3.8, 4) is 16.9 Å². The second kappa shape index (κ2) is 9.50. The van der Waals surface area contributed by atoms with Gasteiger partial charge >= 0.3 is 11.9 Å².